The van der Waals surface area contributed by atoms with Gasteiger partial charge in [-0.3, -0.25) is 9.36 Å². The van der Waals surface area contributed by atoms with Crippen LogP contribution in [0.2, 0.25) is 0 Å². The minimum absolute atomic E-state index is 0.000415. The number of rotatable bonds is 8. The number of allylic oxidation sites excluding steroid dienone is 1. The zero-order valence-electron chi connectivity index (χ0n) is 12.8. The van der Waals surface area contributed by atoms with Gasteiger partial charge in [0.05, 0.1) is 11.5 Å². The zero-order chi connectivity index (χ0) is 15.9. The predicted molar refractivity (Wildman–Crippen MR) is 86.5 cm³/mol. The quantitative estimate of drug-likeness (QED) is 0.598. The second-order valence-electron chi connectivity index (χ2n) is 4.73. The van der Waals surface area contributed by atoms with Crippen LogP contribution in [0.5, 0.6) is 0 Å². The van der Waals surface area contributed by atoms with Gasteiger partial charge in [0.1, 0.15) is 0 Å². The highest BCUT2D eigenvalue weighted by Gasteiger charge is 2.20. The average molecular weight is 320 g/mol. The third-order valence-electron chi connectivity index (χ3n) is 2.97. The molecular weight excluding hydrogens is 300 g/mol. The van der Waals surface area contributed by atoms with Gasteiger partial charge in [-0.25, -0.2) is 0 Å². The molecule has 2 heterocycles. The van der Waals surface area contributed by atoms with Crippen LogP contribution in [0, 0.1) is 0 Å². The van der Waals surface area contributed by atoms with Gasteiger partial charge in [0.25, 0.3) is 0 Å². The Balaban J connectivity index is 2.17. The van der Waals surface area contributed by atoms with Crippen molar-refractivity contribution in [2.24, 2.45) is 0 Å². The zero-order valence-corrected chi connectivity index (χ0v) is 13.6. The maximum atomic E-state index is 12.0. The van der Waals surface area contributed by atoms with Gasteiger partial charge in [-0.1, -0.05) is 24.8 Å². The fourth-order valence-corrected chi connectivity index (χ4v) is 2.74. The highest BCUT2D eigenvalue weighted by Crippen LogP contribution is 2.27. The molecule has 0 aliphatic heterocycles. The molecular formula is C15H20N4O2S. The van der Waals surface area contributed by atoms with Gasteiger partial charge in [0.15, 0.2) is 10.9 Å². The Hall–Kier alpha value is -2.02. The summed E-state index contributed by atoms with van der Waals surface area (Å²) in [6.07, 6.45) is 4.27. The Morgan fingerprint density at radius 3 is 3.05 bits per heavy atom. The number of thioether (sulfide) groups is 1. The Bertz CT molecular complexity index is 622. The third kappa shape index (κ3) is 3.79. The van der Waals surface area contributed by atoms with Crippen LogP contribution in [0.15, 0.2) is 40.6 Å². The van der Waals surface area contributed by atoms with E-state index in [1.165, 1.54) is 11.8 Å². The van der Waals surface area contributed by atoms with Gasteiger partial charge in [-0.05, 0) is 25.5 Å². The number of aromatic nitrogens is 3. The van der Waals surface area contributed by atoms with Crippen LogP contribution < -0.4 is 5.32 Å². The van der Waals surface area contributed by atoms with Crippen LogP contribution in [0.3, 0.4) is 0 Å². The van der Waals surface area contributed by atoms with Gasteiger partial charge in [-0.2, -0.15) is 0 Å². The molecule has 22 heavy (non-hydrogen) atoms. The summed E-state index contributed by atoms with van der Waals surface area (Å²) in [6, 6.07) is 3.63. The highest BCUT2D eigenvalue weighted by atomic mass is 32.2. The van der Waals surface area contributed by atoms with Crippen LogP contribution in [-0.4, -0.2) is 32.5 Å². The number of amides is 1. The van der Waals surface area contributed by atoms with E-state index in [1.54, 1.807) is 18.4 Å². The van der Waals surface area contributed by atoms with Crippen LogP contribution in [-0.2, 0) is 11.3 Å². The molecule has 0 saturated heterocycles. The SMILES string of the molecule is C=CCn1c(SC(C)C(=O)NCCC)nnc1-c1ccco1. The lowest BCUT2D eigenvalue weighted by Crippen LogP contribution is -2.31. The normalized spacial score (nSPS) is 12.1. The standard InChI is InChI=1S/C15H20N4O2S/c1-4-8-16-14(20)11(3)22-15-18-17-13(19(15)9-5-2)12-7-6-10-21-12/h5-7,10-11H,2,4,8-9H2,1,3H3,(H,16,20). The molecule has 2 rings (SSSR count). The van der Waals surface area contributed by atoms with Crippen molar-refractivity contribution in [3.05, 3.63) is 31.1 Å². The van der Waals surface area contributed by atoms with E-state index in [4.69, 9.17) is 4.42 Å². The van der Waals surface area contributed by atoms with Gasteiger partial charge < -0.3 is 9.73 Å². The molecule has 0 aliphatic rings. The summed E-state index contributed by atoms with van der Waals surface area (Å²) in [5.41, 5.74) is 0. The second-order valence-corrected chi connectivity index (χ2v) is 6.04. The van der Waals surface area contributed by atoms with E-state index in [2.05, 4.69) is 22.1 Å². The van der Waals surface area contributed by atoms with Crippen molar-refractivity contribution < 1.29 is 9.21 Å². The molecule has 2 aromatic heterocycles. The van der Waals surface area contributed by atoms with Crippen LogP contribution in [0.1, 0.15) is 20.3 Å². The molecule has 6 nitrogen and oxygen atoms in total. The van der Waals surface area contributed by atoms with Crippen molar-refractivity contribution in [3.8, 4) is 11.6 Å². The molecule has 1 N–H and O–H groups in total. The first kappa shape index (κ1) is 16.4. The highest BCUT2D eigenvalue weighted by molar-refractivity contribution is 8.00. The molecule has 7 heteroatoms. The number of hydrogen-bond donors (Lipinski definition) is 1. The minimum Gasteiger partial charge on any atom is -0.461 e. The molecule has 0 aliphatic carbocycles. The largest absolute Gasteiger partial charge is 0.461 e. The first-order valence-corrected chi connectivity index (χ1v) is 8.07. The monoisotopic (exact) mass is 320 g/mol. The maximum Gasteiger partial charge on any atom is 0.233 e. The number of nitrogens with one attached hydrogen (secondary N) is 1. The van der Waals surface area contributed by atoms with Crippen LogP contribution in [0.25, 0.3) is 11.6 Å². The summed E-state index contributed by atoms with van der Waals surface area (Å²) >= 11 is 1.37. The molecule has 1 amide bonds. The molecule has 0 radical (unpaired) electrons. The lowest BCUT2D eigenvalue weighted by Gasteiger charge is -2.12. The summed E-state index contributed by atoms with van der Waals surface area (Å²) in [5, 5.41) is 11.7. The first-order chi connectivity index (χ1) is 10.7. The number of furan rings is 1. The summed E-state index contributed by atoms with van der Waals surface area (Å²) < 4.78 is 7.27. The average Bonchev–Trinajstić information content (AvgIpc) is 3.15. The molecule has 2 aromatic rings. The third-order valence-corrected chi connectivity index (χ3v) is 4.05. The smallest absolute Gasteiger partial charge is 0.233 e. The van der Waals surface area contributed by atoms with E-state index < -0.39 is 0 Å². The molecule has 0 saturated carbocycles. The number of hydrogen-bond acceptors (Lipinski definition) is 5. The van der Waals surface area contributed by atoms with Crippen molar-refractivity contribution in [2.45, 2.75) is 37.2 Å². The fourth-order valence-electron chi connectivity index (χ4n) is 1.86. The van der Waals surface area contributed by atoms with Crippen molar-refractivity contribution in [1.82, 2.24) is 20.1 Å². The number of nitrogens with zero attached hydrogens (tertiary/aromatic N) is 3. The van der Waals surface area contributed by atoms with Gasteiger partial charge >= 0.3 is 0 Å². The van der Waals surface area contributed by atoms with Crippen LogP contribution in [0.4, 0.5) is 0 Å². The Morgan fingerprint density at radius 1 is 1.59 bits per heavy atom. The van der Waals surface area contributed by atoms with E-state index in [1.807, 2.05) is 24.5 Å². The van der Waals surface area contributed by atoms with E-state index >= 15 is 0 Å². The van der Waals surface area contributed by atoms with E-state index in [0.29, 0.717) is 29.8 Å². The Morgan fingerprint density at radius 2 is 2.41 bits per heavy atom. The summed E-state index contributed by atoms with van der Waals surface area (Å²) in [6.45, 7) is 8.87. The topological polar surface area (TPSA) is 73.0 Å². The molecule has 1 unspecified atom stereocenters. The summed E-state index contributed by atoms with van der Waals surface area (Å²) in [4.78, 5) is 12.0. The van der Waals surface area contributed by atoms with Gasteiger partial charge in [0, 0.05) is 13.1 Å². The summed E-state index contributed by atoms with van der Waals surface area (Å²) in [5.74, 6) is 1.28. The molecule has 0 bridgehead atoms. The number of carbonyl (C=O) groups excluding carboxylic acids is 1. The first-order valence-electron chi connectivity index (χ1n) is 7.19. The van der Waals surface area contributed by atoms with Crippen molar-refractivity contribution in [3.63, 3.8) is 0 Å². The van der Waals surface area contributed by atoms with Crippen molar-refractivity contribution in [1.29, 1.82) is 0 Å². The van der Waals surface area contributed by atoms with E-state index in [9.17, 15) is 4.79 Å². The lowest BCUT2D eigenvalue weighted by molar-refractivity contribution is -0.120. The number of carbonyl (C=O) groups is 1. The van der Waals surface area contributed by atoms with Gasteiger partial charge in [0.2, 0.25) is 11.7 Å². The fraction of sp³-hybridized carbons (Fsp3) is 0.400. The van der Waals surface area contributed by atoms with E-state index in [-0.39, 0.29) is 11.2 Å². The molecule has 118 valence electrons. The molecule has 0 fully saturated rings. The predicted octanol–water partition coefficient (Wildman–Crippen LogP) is 2.73. The van der Waals surface area contributed by atoms with Crippen molar-refractivity contribution >= 4 is 17.7 Å². The molecule has 0 aromatic carbocycles. The minimum atomic E-state index is -0.247. The Kier molecular flexibility index (Phi) is 5.83. The summed E-state index contributed by atoms with van der Waals surface area (Å²) in [7, 11) is 0. The lowest BCUT2D eigenvalue weighted by atomic mass is 10.4. The van der Waals surface area contributed by atoms with E-state index in [0.717, 1.165) is 6.42 Å². The Labute approximate surface area is 134 Å². The van der Waals surface area contributed by atoms with Gasteiger partial charge in [-0.15, -0.1) is 16.8 Å². The maximum absolute atomic E-state index is 12.0. The van der Waals surface area contributed by atoms with Crippen molar-refractivity contribution in [2.75, 3.05) is 6.54 Å². The molecule has 0 spiro atoms. The second kappa shape index (κ2) is 7.84. The molecule has 1 atom stereocenters. The van der Waals surface area contributed by atoms with Crippen LogP contribution >= 0.6 is 11.8 Å².